The minimum atomic E-state index is 0.599. The van der Waals surface area contributed by atoms with Gasteiger partial charge in [-0.1, -0.05) is 18.2 Å². The van der Waals surface area contributed by atoms with E-state index in [2.05, 4.69) is 52.3 Å². The molecule has 0 saturated heterocycles. The van der Waals surface area contributed by atoms with Crippen LogP contribution >= 0.6 is 0 Å². The van der Waals surface area contributed by atoms with E-state index in [0.29, 0.717) is 6.04 Å². The van der Waals surface area contributed by atoms with Crippen LogP contribution in [0.5, 0.6) is 0 Å². The minimum Gasteiger partial charge on any atom is -0.344 e. The van der Waals surface area contributed by atoms with E-state index in [1.165, 1.54) is 10.9 Å². The van der Waals surface area contributed by atoms with Gasteiger partial charge in [-0.15, -0.1) is 0 Å². The Morgan fingerprint density at radius 1 is 1.20 bits per heavy atom. The molecule has 1 aromatic heterocycles. The average molecular weight is 198 g/mol. The lowest BCUT2D eigenvalue weighted by atomic mass is 10.1. The summed E-state index contributed by atoms with van der Waals surface area (Å²) < 4.78 is 2.39. The van der Waals surface area contributed by atoms with Gasteiger partial charge in [0.1, 0.15) is 0 Å². The summed E-state index contributed by atoms with van der Waals surface area (Å²) in [4.78, 5) is 4.28. The van der Waals surface area contributed by atoms with Crippen molar-refractivity contribution in [3.05, 3.63) is 36.5 Å². The summed E-state index contributed by atoms with van der Waals surface area (Å²) in [5.41, 5.74) is 1.35. The lowest BCUT2D eigenvalue weighted by molar-refractivity contribution is 0.491. The number of fused-ring (bicyclic) bond motifs is 1. The summed E-state index contributed by atoms with van der Waals surface area (Å²) >= 11 is 0. The fourth-order valence-corrected chi connectivity index (χ4v) is 2.30. The van der Waals surface area contributed by atoms with E-state index < -0.39 is 0 Å². The van der Waals surface area contributed by atoms with E-state index >= 15 is 0 Å². The Morgan fingerprint density at radius 3 is 3.00 bits per heavy atom. The number of para-hydroxylation sites is 1. The second-order valence-electron chi connectivity index (χ2n) is 4.05. The summed E-state index contributed by atoms with van der Waals surface area (Å²) in [6, 6.07) is 11.4. The fraction of sp³-hybridized carbons (Fsp3) is 0.308. The Morgan fingerprint density at radius 2 is 2.13 bits per heavy atom. The molecule has 0 aliphatic carbocycles. The highest BCUT2D eigenvalue weighted by Gasteiger charge is 2.13. The van der Waals surface area contributed by atoms with Gasteiger partial charge in [-0.3, -0.25) is 4.99 Å². The fourth-order valence-electron chi connectivity index (χ4n) is 2.30. The molecule has 3 rings (SSSR count). The first-order valence-electron chi connectivity index (χ1n) is 5.49. The van der Waals surface area contributed by atoms with Crippen LogP contribution in [0.3, 0.4) is 0 Å². The quantitative estimate of drug-likeness (QED) is 0.670. The molecule has 0 bridgehead atoms. The molecule has 0 N–H and O–H groups in total. The summed E-state index contributed by atoms with van der Waals surface area (Å²) in [5, 5.41) is 1.33. The molecule has 0 fully saturated rings. The summed E-state index contributed by atoms with van der Waals surface area (Å²) in [6.07, 6.45) is 6.49. The predicted octanol–water partition coefficient (Wildman–Crippen LogP) is 3.05. The van der Waals surface area contributed by atoms with Gasteiger partial charge in [-0.25, -0.2) is 0 Å². The van der Waals surface area contributed by atoms with E-state index in [0.717, 1.165) is 19.4 Å². The van der Waals surface area contributed by atoms with Gasteiger partial charge in [0, 0.05) is 36.9 Å². The van der Waals surface area contributed by atoms with Gasteiger partial charge in [0.15, 0.2) is 0 Å². The van der Waals surface area contributed by atoms with Crippen molar-refractivity contribution in [2.75, 3.05) is 6.54 Å². The van der Waals surface area contributed by atoms with Crippen LogP contribution in [0, 0.1) is 0 Å². The molecule has 76 valence electrons. The molecule has 1 aliphatic heterocycles. The largest absolute Gasteiger partial charge is 0.344 e. The first-order valence-corrected chi connectivity index (χ1v) is 5.49. The van der Waals surface area contributed by atoms with Gasteiger partial charge in [0.2, 0.25) is 0 Å². The molecule has 2 heterocycles. The SMILES string of the molecule is C1=NCCC(n2ccc3ccccc32)C1. The molecule has 2 heteroatoms. The molecule has 0 spiro atoms. The van der Waals surface area contributed by atoms with Gasteiger partial charge >= 0.3 is 0 Å². The second kappa shape index (κ2) is 3.54. The van der Waals surface area contributed by atoms with Crippen molar-refractivity contribution in [1.82, 2.24) is 4.57 Å². The minimum absolute atomic E-state index is 0.599. The topological polar surface area (TPSA) is 17.3 Å². The monoisotopic (exact) mass is 198 g/mol. The Kier molecular flexibility index (Phi) is 2.05. The van der Waals surface area contributed by atoms with Crippen LogP contribution in [0.15, 0.2) is 41.5 Å². The maximum Gasteiger partial charge on any atom is 0.0482 e. The van der Waals surface area contributed by atoms with Gasteiger partial charge in [-0.05, 0) is 23.9 Å². The number of rotatable bonds is 1. The Bertz CT molecular complexity index is 496. The van der Waals surface area contributed by atoms with Crippen LogP contribution in [-0.2, 0) is 0 Å². The Labute approximate surface area is 89.2 Å². The number of nitrogens with zero attached hydrogens (tertiary/aromatic N) is 2. The van der Waals surface area contributed by atoms with Gasteiger partial charge in [-0.2, -0.15) is 0 Å². The third-order valence-corrected chi connectivity index (χ3v) is 3.12. The number of hydrogen-bond acceptors (Lipinski definition) is 1. The van der Waals surface area contributed by atoms with E-state index in [-0.39, 0.29) is 0 Å². The molecule has 1 aromatic carbocycles. The highest BCUT2D eigenvalue weighted by atomic mass is 15.0. The highest BCUT2D eigenvalue weighted by molar-refractivity contribution is 5.80. The lowest BCUT2D eigenvalue weighted by Crippen LogP contribution is -2.13. The Balaban J connectivity index is 2.07. The van der Waals surface area contributed by atoms with Crippen molar-refractivity contribution >= 4 is 17.1 Å². The van der Waals surface area contributed by atoms with Gasteiger partial charge < -0.3 is 4.57 Å². The van der Waals surface area contributed by atoms with Crippen molar-refractivity contribution < 1.29 is 0 Å². The summed E-state index contributed by atoms with van der Waals surface area (Å²) in [7, 11) is 0. The van der Waals surface area contributed by atoms with Crippen molar-refractivity contribution in [2.24, 2.45) is 4.99 Å². The van der Waals surface area contributed by atoms with E-state index in [1.807, 2.05) is 0 Å². The molecule has 1 unspecified atom stereocenters. The average Bonchev–Trinajstić information content (AvgIpc) is 2.74. The lowest BCUT2D eigenvalue weighted by Gasteiger charge is -2.20. The van der Waals surface area contributed by atoms with Crippen LogP contribution < -0.4 is 0 Å². The van der Waals surface area contributed by atoms with Crippen molar-refractivity contribution in [1.29, 1.82) is 0 Å². The zero-order chi connectivity index (χ0) is 10.1. The van der Waals surface area contributed by atoms with Crippen LogP contribution in [0.25, 0.3) is 10.9 Å². The maximum atomic E-state index is 4.28. The third-order valence-electron chi connectivity index (χ3n) is 3.12. The summed E-state index contributed by atoms with van der Waals surface area (Å²) in [5.74, 6) is 0. The molecule has 0 radical (unpaired) electrons. The number of aliphatic imine (C=N–C) groups is 1. The Hall–Kier alpha value is -1.57. The standard InChI is InChI=1S/C13H14N2/c1-2-4-13-11(3-1)7-10-15(13)12-5-8-14-9-6-12/h1-4,7-8,10,12H,5-6,9H2. The molecule has 0 saturated carbocycles. The number of hydrogen-bond donors (Lipinski definition) is 0. The first kappa shape index (κ1) is 8.72. The predicted molar refractivity (Wildman–Crippen MR) is 63.6 cm³/mol. The van der Waals surface area contributed by atoms with Crippen molar-refractivity contribution in [2.45, 2.75) is 18.9 Å². The van der Waals surface area contributed by atoms with Crippen LogP contribution in [0.2, 0.25) is 0 Å². The second-order valence-corrected chi connectivity index (χ2v) is 4.05. The van der Waals surface area contributed by atoms with Gasteiger partial charge in [0.25, 0.3) is 0 Å². The molecule has 0 amide bonds. The molecule has 1 aliphatic rings. The number of aromatic nitrogens is 1. The first-order chi connectivity index (χ1) is 7.45. The van der Waals surface area contributed by atoms with Crippen LogP contribution in [0.1, 0.15) is 18.9 Å². The van der Waals surface area contributed by atoms with E-state index in [4.69, 9.17) is 0 Å². The van der Waals surface area contributed by atoms with E-state index in [1.54, 1.807) is 0 Å². The molecule has 2 nitrogen and oxygen atoms in total. The maximum absolute atomic E-state index is 4.28. The zero-order valence-electron chi connectivity index (χ0n) is 8.63. The highest BCUT2D eigenvalue weighted by Crippen LogP contribution is 2.25. The van der Waals surface area contributed by atoms with Crippen LogP contribution in [0.4, 0.5) is 0 Å². The molecule has 15 heavy (non-hydrogen) atoms. The van der Waals surface area contributed by atoms with Crippen LogP contribution in [-0.4, -0.2) is 17.3 Å². The molecule has 2 aromatic rings. The normalized spacial score (nSPS) is 20.9. The molecule has 1 atom stereocenters. The summed E-state index contributed by atoms with van der Waals surface area (Å²) in [6.45, 7) is 0.969. The van der Waals surface area contributed by atoms with E-state index in [9.17, 15) is 0 Å². The van der Waals surface area contributed by atoms with Crippen molar-refractivity contribution in [3.63, 3.8) is 0 Å². The number of benzene rings is 1. The van der Waals surface area contributed by atoms with Crippen molar-refractivity contribution in [3.8, 4) is 0 Å². The molecular formula is C13H14N2. The third kappa shape index (κ3) is 1.46. The smallest absolute Gasteiger partial charge is 0.0482 e. The van der Waals surface area contributed by atoms with Gasteiger partial charge in [0.05, 0.1) is 0 Å². The molecular weight excluding hydrogens is 184 g/mol. The zero-order valence-corrected chi connectivity index (χ0v) is 8.63.